The Morgan fingerprint density at radius 1 is 1.12 bits per heavy atom. The zero-order valence-electron chi connectivity index (χ0n) is 22.8. The van der Waals surface area contributed by atoms with Gasteiger partial charge in [0.25, 0.3) is 0 Å². The largest absolute Gasteiger partial charge is 0.493 e. The summed E-state index contributed by atoms with van der Waals surface area (Å²) in [5, 5.41) is 0.0926. The zero-order chi connectivity index (χ0) is 29.3. The van der Waals surface area contributed by atoms with Gasteiger partial charge in [-0.15, -0.1) is 0 Å². The summed E-state index contributed by atoms with van der Waals surface area (Å²) in [6.45, 7) is 1.78. The summed E-state index contributed by atoms with van der Waals surface area (Å²) in [5.74, 6) is 5.59. The number of benzene rings is 2. The normalized spacial score (nSPS) is 12.5. The van der Waals surface area contributed by atoms with Crippen LogP contribution in [0.4, 0.5) is 16.2 Å². The maximum absolute atomic E-state index is 15.3. The number of halogens is 1. The maximum Gasteiger partial charge on any atom is 0.343 e. The number of carbonyl (C=O) groups is 1. The summed E-state index contributed by atoms with van der Waals surface area (Å²) in [7, 11) is 2.99. The molecule has 1 aliphatic rings. The molecule has 1 saturated carbocycles. The molecular formula is C30H28FN5O5. The molecule has 2 heterocycles. The van der Waals surface area contributed by atoms with Crippen LogP contribution in [0.1, 0.15) is 58.4 Å². The minimum atomic E-state index is -0.730. The summed E-state index contributed by atoms with van der Waals surface area (Å²) >= 11 is 0. The van der Waals surface area contributed by atoms with Gasteiger partial charge >= 0.3 is 5.97 Å². The van der Waals surface area contributed by atoms with Crippen molar-refractivity contribution >= 4 is 28.6 Å². The van der Waals surface area contributed by atoms with Crippen LogP contribution in [0.15, 0.2) is 41.5 Å². The minimum absolute atomic E-state index is 0.0757. The number of rotatable bonds is 7. The van der Waals surface area contributed by atoms with Crippen molar-refractivity contribution in [1.29, 1.82) is 0 Å². The molecule has 0 atom stereocenters. The van der Waals surface area contributed by atoms with Crippen molar-refractivity contribution < 1.29 is 23.4 Å². The van der Waals surface area contributed by atoms with Gasteiger partial charge in [-0.3, -0.25) is 4.79 Å². The van der Waals surface area contributed by atoms with Crippen LogP contribution in [-0.4, -0.2) is 41.3 Å². The first-order valence-electron chi connectivity index (χ1n) is 12.9. The number of nitrogens with two attached hydrogens (primary N) is 2. The molecule has 0 radical (unpaired) electrons. The van der Waals surface area contributed by atoms with Crippen LogP contribution in [0.25, 0.3) is 10.9 Å². The van der Waals surface area contributed by atoms with E-state index in [2.05, 4.69) is 21.8 Å². The molecule has 10 nitrogen and oxygen atoms in total. The molecule has 0 spiro atoms. The zero-order valence-corrected chi connectivity index (χ0v) is 22.8. The molecule has 0 saturated heterocycles. The van der Waals surface area contributed by atoms with Crippen molar-refractivity contribution in [2.75, 3.05) is 32.3 Å². The summed E-state index contributed by atoms with van der Waals surface area (Å²) in [4.78, 5) is 33.5. The topological polar surface area (TPSA) is 145 Å². The third kappa shape index (κ3) is 5.49. The lowest BCUT2D eigenvalue weighted by molar-refractivity contribution is 0.0524. The number of nitrogen functional groups attached to an aromatic ring is 2. The predicted octanol–water partition coefficient (Wildman–Crippen LogP) is 3.61. The van der Waals surface area contributed by atoms with Crippen LogP contribution in [0.5, 0.6) is 11.5 Å². The Balaban J connectivity index is 1.60. The van der Waals surface area contributed by atoms with Crippen LogP contribution >= 0.6 is 0 Å². The first-order chi connectivity index (χ1) is 19.7. The summed E-state index contributed by atoms with van der Waals surface area (Å²) in [5.41, 5.74) is 13.4. The average Bonchev–Trinajstić information content (AvgIpc) is 3.79. The average molecular weight is 558 g/mol. The van der Waals surface area contributed by atoms with Crippen LogP contribution in [-0.2, 0) is 11.2 Å². The van der Waals surface area contributed by atoms with Crippen molar-refractivity contribution in [2.24, 2.45) is 0 Å². The monoisotopic (exact) mass is 557 g/mol. The van der Waals surface area contributed by atoms with Crippen LogP contribution in [0.2, 0.25) is 0 Å². The second-order valence-electron chi connectivity index (χ2n) is 9.52. The Morgan fingerprint density at radius 3 is 2.54 bits per heavy atom. The van der Waals surface area contributed by atoms with Crippen molar-refractivity contribution in [2.45, 2.75) is 32.2 Å². The van der Waals surface area contributed by atoms with Crippen molar-refractivity contribution in [3.05, 3.63) is 80.5 Å². The maximum atomic E-state index is 15.3. The molecule has 4 aromatic rings. The number of hydrogen-bond donors (Lipinski definition) is 2. The van der Waals surface area contributed by atoms with Crippen molar-refractivity contribution in [1.82, 2.24) is 14.5 Å². The molecule has 1 fully saturated rings. The van der Waals surface area contributed by atoms with E-state index in [-0.39, 0.29) is 40.9 Å². The Hall–Kier alpha value is -5.11. The van der Waals surface area contributed by atoms with E-state index in [1.54, 1.807) is 25.3 Å². The summed E-state index contributed by atoms with van der Waals surface area (Å²) in [6, 6.07) is 6.33. The molecule has 11 heteroatoms. The molecule has 1 aliphatic carbocycles. The van der Waals surface area contributed by atoms with E-state index >= 15 is 4.39 Å². The van der Waals surface area contributed by atoms with Crippen molar-refractivity contribution in [3.8, 4) is 23.3 Å². The fourth-order valence-electron chi connectivity index (χ4n) is 4.62. The molecule has 210 valence electrons. The number of anilines is 2. The first kappa shape index (κ1) is 27.5. The van der Waals surface area contributed by atoms with Crippen molar-refractivity contribution in [3.63, 3.8) is 0 Å². The van der Waals surface area contributed by atoms with Gasteiger partial charge in [-0.2, -0.15) is 4.98 Å². The highest BCUT2D eigenvalue weighted by molar-refractivity contribution is 5.94. The van der Waals surface area contributed by atoms with Gasteiger partial charge in [0.1, 0.15) is 17.2 Å². The smallest absolute Gasteiger partial charge is 0.343 e. The molecule has 0 unspecified atom stereocenters. The predicted molar refractivity (Wildman–Crippen MR) is 152 cm³/mol. The standard InChI is InChI=1S/C30H28FN5O5/c1-4-41-29(38)22-15-36(20-7-8-20)24-12-17(23(31)13-21(24)26(22)37)5-6-18-9-16(11-25(39-2)27(18)40-3)10-19-14-34-30(33)35-28(19)32/h9,11-15,20H,4,7-8,10H2,1-3H3,(H4,32,33,34,35). The molecule has 2 aromatic carbocycles. The highest BCUT2D eigenvalue weighted by Gasteiger charge is 2.27. The van der Waals surface area contributed by atoms with Gasteiger partial charge in [-0.25, -0.2) is 14.2 Å². The van der Waals surface area contributed by atoms with E-state index < -0.39 is 17.2 Å². The number of hydrogen-bond acceptors (Lipinski definition) is 9. The van der Waals surface area contributed by atoms with Gasteiger partial charge in [0, 0.05) is 35.8 Å². The highest BCUT2D eigenvalue weighted by atomic mass is 19.1. The molecule has 2 aromatic heterocycles. The van der Waals surface area contributed by atoms with E-state index in [0.29, 0.717) is 34.6 Å². The summed E-state index contributed by atoms with van der Waals surface area (Å²) < 4.78 is 33.3. The fraction of sp³-hybridized carbons (Fsp3) is 0.267. The second-order valence-corrected chi connectivity index (χ2v) is 9.52. The van der Waals surface area contributed by atoms with Gasteiger partial charge in [0.05, 0.1) is 37.5 Å². The number of aromatic nitrogens is 3. The van der Waals surface area contributed by atoms with Crippen LogP contribution in [0.3, 0.4) is 0 Å². The molecule has 41 heavy (non-hydrogen) atoms. The van der Waals surface area contributed by atoms with Gasteiger partial charge in [-0.1, -0.05) is 11.8 Å². The van der Waals surface area contributed by atoms with Gasteiger partial charge in [0.15, 0.2) is 11.5 Å². The molecule has 4 N–H and O–H groups in total. The fourth-order valence-corrected chi connectivity index (χ4v) is 4.62. The second kappa shape index (κ2) is 11.2. The SMILES string of the molecule is CCOC(=O)c1cn(C2CC2)c2cc(C#Cc3cc(Cc4cnc(N)nc4N)cc(OC)c3OC)c(F)cc2c1=O. The van der Waals surface area contributed by atoms with Gasteiger partial charge < -0.3 is 30.2 Å². The Bertz CT molecular complexity index is 1800. The molecule has 0 amide bonds. The lowest BCUT2D eigenvalue weighted by Gasteiger charge is -2.13. The number of pyridine rings is 1. The van der Waals surface area contributed by atoms with E-state index in [0.717, 1.165) is 24.5 Å². The third-order valence-electron chi connectivity index (χ3n) is 6.74. The van der Waals surface area contributed by atoms with Gasteiger partial charge in [0.2, 0.25) is 11.4 Å². The Morgan fingerprint density at radius 2 is 1.88 bits per heavy atom. The summed E-state index contributed by atoms with van der Waals surface area (Å²) in [6.07, 6.45) is 5.18. The van der Waals surface area contributed by atoms with E-state index in [9.17, 15) is 9.59 Å². The molecule has 5 rings (SSSR count). The number of nitrogens with zero attached hydrogens (tertiary/aromatic N) is 3. The van der Waals surface area contributed by atoms with E-state index in [4.69, 9.17) is 25.7 Å². The minimum Gasteiger partial charge on any atom is -0.493 e. The lowest BCUT2D eigenvalue weighted by atomic mass is 10.0. The molecule has 0 bridgehead atoms. The number of methoxy groups -OCH3 is 2. The Kier molecular flexibility index (Phi) is 7.48. The van der Waals surface area contributed by atoms with Gasteiger partial charge in [-0.05, 0) is 49.6 Å². The third-order valence-corrected chi connectivity index (χ3v) is 6.74. The highest BCUT2D eigenvalue weighted by Crippen LogP contribution is 2.37. The van der Waals surface area contributed by atoms with Crippen LogP contribution < -0.4 is 26.4 Å². The lowest BCUT2D eigenvalue weighted by Crippen LogP contribution is -2.21. The van der Waals surface area contributed by atoms with E-state index in [1.807, 2.05) is 4.57 Å². The first-order valence-corrected chi connectivity index (χ1v) is 12.9. The van der Waals surface area contributed by atoms with Crippen LogP contribution in [0, 0.1) is 17.7 Å². The quantitative estimate of drug-likeness (QED) is 0.257. The number of carbonyl (C=O) groups excluding carboxylic acids is 1. The van der Waals surface area contributed by atoms with E-state index in [1.165, 1.54) is 26.5 Å². The molecule has 0 aliphatic heterocycles. The number of ether oxygens (including phenoxy) is 3. The molecular weight excluding hydrogens is 529 g/mol. The Labute approximate surface area is 235 Å². The number of fused-ring (bicyclic) bond motifs is 1. The number of esters is 1.